The van der Waals surface area contributed by atoms with Crippen molar-refractivity contribution in [2.75, 3.05) is 27.4 Å². The lowest BCUT2D eigenvalue weighted by molar-refractivity contribution is -0.140. The fourth-order valence-electron chi connectivity index (χ4n) is 3.56. The molecule has 0 aliphatic carbocycles. The average Bonchev–Trinajstić information content (AvgIpc) is 3.23. The fraction of sp³-hybridized carbons (Fsp3) is 0.364. The van der Waals surface area contributed by atoms with Gasteiger partial charge in [-0.1, -0.05) is 0 Å². The van der Waals surface area contributed by atoms with Crippen LogP contribution < -0.4 is 4.74 Å². The van der Waals surface area contributed by atoms with Gasteiger partial charge in [0.15, 0.2) is 0 Å². The maximum Gasteiger partial charge on any atom is 0.295 e. The van der Waals surface area contributed by atoms with Gasteiger partial charge in [-0.25, -0.2) is 0 Å². The number of rotatable bonds is 7. The van der Waals surface area contributed by atoms with Crippen LogP contribution in [0.15, 0.2) is 40.3 Å². The van der Waals surface area contributed by atoms with Gasteiger partial charge in [0.1, 0.15) is 29.1 Å². The third kappa shape index (κ3) is 3.91. The first-order chi connectivity index (χ1) is 13.9. The molecule has 1 fully saturated rings. The molecule has 0 bridgehead atoms. The van der Waals surface area contributed by atoms with Gasteiger partial charge < -0.3 is 23.9 Å². The Morgan fingerprint density at radius 3 is 2.52 bits per heavy atom. The van der Waals surface area contributed by atoms with Crippen LogP contribution in [0.25, 0.3) is 5.76 Å². The van der Waals surface area contributed by atoms with Crippen molar-refractivity contribution in [1.82, 2.24) is 4.90 Å². The number of nitrogens with zero attached hydrogens (tertiary/aromatic N) is 1. The molecule has 1 amide bonds. The van der Waals surface area contributed by atoms with Gasteiger partial charge >= 0.3 is 0 Å². The Morgan fingerprint density at radius 1 is 1.17 bits per heavy atom. The summed E-state index contributed by atoms with van der Waals surface area (Å²) in [5.41, 5.74) is 1.21. The maximum atomic E-state index is 12.9. The van der Waals surface area contributed by atoms with Crippen LogP contribution in [0.5, 0.6) is 5.75 Å². The van der Waals surface area contributed by atoms with E-state index >= 15 is 0 Å². The van der Waals surface area contributed by atoms with Gasteiger partial charge in [0.2, 0.25) is 0 Å². The van der Waals surface area contributed by atoms with Crippen LogP contribution in [-0.4, -0.2) is 49.1 Å². The maximum absolute atomic E-state index is 12.9. The monoisotopic (exact) mass is 399 g/mol. The van der Waals surface area contributed by atoms with Crippen molar-refractivity contribution in [1.29, 1.82) is 0 Å². The highest BCUT2D eigenvalue weighted by Gasteiger charge is 2.47. The summed E-state index contributed by atoms with van der Waals surface area (Å²) in [6.07, 6.45) is 0.557. The van der Waals surface area contributed by atoms with E-state index in [4.69, 9.17) is 13.9 Å². The van der Waals surface area contributed by atoms with E-state index in [1.165, 1.54) is 4.90 Å². The molecule has 1 aliphatic rings. The van der Waals surface area contributed by atoms with E-state index in [9.17, 15) is 14.7 Å². The first kappa shape index (κ1) is 20.7. The van der Waals surface area contributed by atoms with Gasteiger partial charge in [-0.15, -0.1) is 0 Å². The summed E-state index contributed by atoms with van der Waals surface area (Å²) in [5.74, 6) is 0.117. The Kier molecular flexibility index (Phi) is 6.08. The number of aliphatic hydroxyl groups is 1. The number of hydrogen-bond acceptors (Lipinski definition) is 6. The molecule has 7 nitrogen and oxygen atoms in total. The van der Waals surface area contributed by atoms with Crippen LogP contribution in [0, 0.1) is 13.8 Å². The van der Waals surface area contributed by atoms with Crippen molar-refractivity contribution < 1.29 is 28.6 Å². The van der Waals surface area contributed by atoms with Crippen molar-refractivity contribution in [2.45, 2.75) is 26.3 Å². The molecule has 1 N–H and O–H groups in total. The number of aryl methyl sites for hydroxylation is 2. The number of likely N-dealkylation sites (tertiary alicyclic amines) is 1. The van der Waals surface area contributed by atoms with E-state index < -0.39 is 17.7 Å². The summed E-state index contributed by atoms with van der Waals surface area (Å²) < 4.78 is 16.0. The zero-order valence-electron chi connectivity index (χ0n) is 17.0. The van der Waals surface area contributed by atoms with Crippen LogP contribution in [0.2, 0.25) is 0 Å². The van der Waals surface area contributed by atoms with Crippen LogP contribution in [0.3, 0.4) is 0 Å². The molecule has 2 heterocycles. The number of furan rings is 1. The number of carbonyl (C=O) groups is 2. The molecule has 29 heavy (non-hydrogen) atoms. The number of ether oxygens (including phenoxy) is 2. The molecular weight excluding hydrogens is 374 g/mol. The fourth-order valence-corrected chi connectivity index (χ4v) is 3.56. The zero-order chi connectivity index (χ0) is 21.1. The number of amides is 1. The van der Waals surface area contributed by atoms with Crippen LogP contribution in [0.1, 0.15) is 35.1 Å². The number of benzene rings is 1. The number of Topliss-reactive ketones (excluding diaryl/α,β-unsaturated/α-hetero) is 1. The third-order valence-electron chi connectivity index (χ3n) is 5.01. The zero-order valence-corrected chi connectivity index (χ0v) is 17.0. The number of aliphatic hydroxyl groups excluding tert-OH is 1. The lowest BCUT2D eigenvalue weighted by Gasteiger charge is -2.23. The molecule has 3 rings (SSSR count). The number of hydrogen-bond donors (Lipinski definition) is 1. The quantitative estimate of drug-likeness (QED) is 0.332. The second-order valence-corrected chi connectivity index (χ2v) is 6.97. The van der Waals surface area contributed by atoms with E-state index in [0.29, 0.717) is 42.4 Å². The van der Waals surface area contributed by atoms with Gasteiger partial charge in [0.25, 0.3) is 11.7 Å². The predicted octanol–water partition coefficient (Wildman–Crippen LogP) is 3.36. The Labute approximate surface area is 169 Å². The standard InChI is InChI=1S/C22H25NO6/c1-13-12-15(28-4)7-8-16(13)20(24)18-19(17-9-6-14(2)29-17)23(10-5-11-27-3)22(26)21(18)25/h6-9,12,19,24H,5,10-11H2,1-4H3/b20-18-. The van der Waals surface area contributed by atoms with Crippen molar-refractivity contribution in [3.05, 3.63) is 58.6 Å². The largest absolute Gasteiger partial charge is 0.507 e. The summed E-state index contributed by atoms with van der Waals surface area (Å²) in [4.78, 5) is 27.1. The minimum Gasteiger partial charge on any atom is -0.507 e. The molecule has 1 aromatic heterocycles. The van der Waals surface area contributed by atoms with Crippen LogP contribution in [-0.2, 0) is 14.3 Å². The Morgan fingerprint density at radius 2 is 1.93 bits per heavy atom. The van der Waals surface area contributed by atoms with Crippen LogP contribution >= 0.6 is 0 Å². The molecule has 0 radical (unpaired) electrons. The number of ketones is 1. The smallest absolute Gasteiger partial charge is 0.295 e. The highest BCUT2D eigenvalue weighted by Crippen LogP contribution is 2.40. The van der Waals surface area contributed by atoms with E-state index in [1.807, 2.05) is 0 Å². The highest BCUT2D eigenvalue weighted by molar-refractivity contribution is 6.46. The van der Waals surface area contributed by atoms with Crippen molar-refractivity contribution >= 4 is 17.4 Å². The lowest BCUT2D eigenvalue weighted by atomic mass is 9.97. The molecular formula is C22H25NO6. The van der Waals surface area contributed by atoms with E-state index in [2.05, 4.69) is 0 Å². The Balaban J connectivity index is 2.12. The highest BCUT2D eigenvalue weighted by atomic mass is 16.5. The first-order valence-electron chi connectivity index (χ1n) is 9.37. The van der Waals surface area contributed by atoms with Gasteiger partial charge in [-0.05, 0) is 56.2 Å². The van der Waals surface area contributed by atoms with Crippen molar-refractivity contribution in [2.24, 2.45) is 0 Å². The molecule has 1 unspecified atom stereocenters. The first-order valence-corrected chi connectivity index (χ1v) is 9.37. The third-order valence-corrected chi connectivity index (χ3v) is 5.01. The minimum atomic E-state index is -0.790. The predicted molar refractivity (Wildman–Crippen MR) is 107 cm³/mol. The van der Waals surface area contributed by atoms with Gasteiger partial charge in [0.05, 0.1) is 12.7 Å². The topological polar surface area (TPSA) is 89.2 Å². The molecule has 1 aliphatic heterocycles. The van der Waals surface area contributed by atoms with Crippen LogP contribution in [0.4, 0.5) is 0 Å². The second kappa shape index (κ2) is 8.53. The molecule has 1 saturated heterocycles. The van der Waals surface area contributed by atoms with Gasteiger partial charge in [0, 0.05) is 25.8 Å². The number of methoxy groups -OCH3 is 2. The summed E-state index contributed by atoms with van der Waals surface area (Å²) in [6.45, 7) is 4.35. The Bertz CT molecular complexity index is 958. The van der Waals surface area contributed by atoms with E-state index in [-0.39, 0.29) is 11.3 Å². The van der Waals surface area contributed by atoms with Crippen molar-refractivity contribution in [3.8, 4) is 5.75 Å². The summed E-state index contributed by atoms with van der Waals surface area (Å²) in [7, 11) is 3.13. The molecule has 154 valence electrons. The second-order valence-electron chi connectivity index (χ2n) is 6.97. The van der Waals surface area contributed by atoms with E-state index in [1.54, 1.807) is 58.4 Å². The number of carbonyl (C=O) groups excluding carboxylic acids is 2. The molecule has 1 atom stereocenters. The molecule has 2 aromatic rings. The Hall–Kier alpha value is -3.06. The van der Waals surface area contributed by atoms with Gasteiger partial charge in [-0.3, -0.25) is 9.59 Å². The average molecular weight is 399 g/mol. The summed E-state index contributed by atoms with van der Waals surface area (Å²) in [6, 6.07) is 7.83. The summed E-state index contributed by atoms with van der Waals surface area (Å²) >= 11 is 0. The molecule has 1 aromatic carbocycles. The SMILES string of the molecule is COCCCN1C(=O)C(=O)/C(=C(\O)c2ccc(OC)cc2C)C1c1ccc(C)o1. The summed E-state index contributed by atoms with van der Waals surface area (Å²) in [5, 5.41) is 11.1. The molecule has 7 heteroatoms. The van der Waals surface area contributed by atoms with Gasteiger partial charge in [-0.2, -0.15) is 0 Å². The normalized spacial score (nSPS) is 18.5. The van der Waals surface area contributed by atoms with Crippen molar-refractivity contribution in [3.63, 3.8) is 0 Å². The minimum absolute atomic E-state index is 0.0232. The molecule has 0 saturated carbocycles. The molecule has 0 spiro atoms. The van der Waals surface area contributed by atoms with E-state index in [0.717, 1.165) is 5.56 Å². The lowest BCUT2D eigenvalue weighted by Crippen LogP contribution is -2.31.